The third kappa shape index (κ3) is 10.9. The Hall–Kier alpha value is -7.35. The Morgan fingerprint density at radius 1 is 0.690 bits per heavy atom. The van der Waals surface area contributed by atoms with E-state index in [1.807, 2.05) is 118 Å². The lowest BCUT2D eigenvalue weighted by Crippen LogP contribution is -2.47. The molecule has 14 heteroatoms. The number of ketones is 2. The molecule has 58 heavy (non-hydrogen) atoms. The SMILES string of the molecule is CC(C)c1cc(C(=O)NC(Cc2ccccc2)C(=O)C(N)=O)n(-c2ccccc2)n1.Cc1ccc(-n2nc(C)cc2C(=O)NC(Cc2ccccc2)C(=O)C=O)nc1. The van der Waals surface area contributed by atoms with Gasteiger partial charge in [0.1, 0.15) is 17.4 Å². The molecule has 2 unspecified atom stereocenters. The van der Waals surface area contributed by atoms with E-state index in [9.17, 15) is 28.8 Å². The largest absolute Gasteiger partial charge is 0.363 e. The molecule has 0 aliphatic heterocycles. The van der Waals surface area contributed by atoms with Gasteiger partial charge in [0.25, 0.3) is 17.7 Å². The molecule has 0 fully saturated rings. The highest BCUT2D eigenvalue weighted by Crippen LogP contribution is 2.19. The first-order valence-electron chi connectivity index (χ1n) is 18.5. The third-order valence-electron chi connectivity index (χ3n) is 8.93. The Kier molecular flexibility index (Phi) is 14.0. The topological polar surface area (TPSA) is 201 Å². The molecular weight excluding hydrogens is 737 g/mol. The van der Waals surface area contributed by atoms with Crippen molar-refractivity contribution >= 4 is 35.6 Å². The second kappa shape index (κ2) is 19.5. The summed E-state index contributed by atoms with van der Waals surface area (Å²) in [6, 6.07) is 32.5. The van der Waals surface area contributed by atoms with Crippen molar-refractivity contribution in [2.45, 2.75) is 58.5 Å². The van der Waals surface area contributed by atoms with Crippen LogP contribution in [0.15, 0.2) is 121 Å². The van der Waals surface area contributed by atoms with E-state index in [-0.39, 0.29) is 36.4 Å². The number of carbonyl (C=O) groups is 6. The second-order valence-electron chi connectivity index (χ2n) is 13.8. The lowest BCUT2D eigenvalue weighted by molar-refractivity contribution is -0.137. The number of carbonyl (C=O) groups excluding carboxylic acids is 6. The fraction of sp³-hybridized carbons (Fsp3) is 0.205. The number of aromatic nitrogens is 5. The number of para-hydroxylation sites is 1. The molecule has 3 amide bonds. The predicted octanol–water partition coefficient (Wildman–Crippen LogP) is 4.38. The van der Waals surface area contributed by atoms with Crippen molar-refractivity contribution in [3.8, 4) is 11.5 Å². The standard InChI is InChI=1S/C23H24N4O3.C21H20N4O3/c1-15(2)18-14-20(27(26-18)17-11-7-4-8-12-17)23(30)25-19(21(28)22(24)29)13-16-9-5-3-6-10-16;1-14-8-9-20(22-12-14)25-18(10-15(2)24-25)21(28)23-17(19(27)13-26)11-16-6-4-3-5-7-16/h3-12,14-15,19H,13H2,1-2H3,(H2,24,29)(H,25,30);3-10,12-13,17H,11H2,1-2H3,(H,23,28). The number of rotatable bonds is 15. The Bertz CT molecular complexity index is 2370. The molecule has 0 aliphatic carbocycles. The van der Waals surface area contributed by atoms with Crippen LogP contribution in [-0.4, -0.2) is 72.2 Å². The number of aldehydes is 1. The van der Waals surface area contributed by atoms with Gasteiger partial charge in [-0.2, -0.15) is 10.2 Å². The predicted molar refractivity (Wildman–Crippen MR) is 217 cm³/mol. The number of hydrogen-bond donors (Lipinski definition) is 3. The quantitative estimate of drug-likeness (QED) is 0.0999. The van der Waals surface area contributed by atoms with Crippen LogP contribution in [0.1, 0.15) is 68.8 Å². The van der Waals surface area contributed by atoms with Crippen LogP contribution in [0.25, 0.3) is 11.5 Å². The van der Waals surface area contributed by atoms with Crippen molar-refractivity contribution in [3.63, 3.8) is 0 Å². The molecule has 0 saturated heterocycles. The van der Waals surface area contributed by atoms with Gasteiger partial charge in [0, 0.05) is 19.0 Å². The minimum Gasteiger partial charge on any atom is -0.363 e. The molecule has 3 aromatic carbocycles. The first kappa shape index (κ1) is 41.8. The van der Waals surface area contributed by atoms with Gasteiger partial charge in [-0.15, -0.1) is 0 Å². The molecule has 0 aliphatic rings. The van der Waals surface area contributed by atoms with Crippen molar-refractivity contribution in [2.75, 3.05) is 0 Å². The molecule has 296 valence electrons. The molecule has 2 atom stereocenters. The number of pyridine rings is 1. The maximum Gasteiger partial charge on any atom is 0.287 e. The van der Waals surface area contributed by atoms with E-state index < -0.39 is 41.4 Å². The maximum absolute atomic E-state index is 13.1. The van der Waals surface area contributed by atoms with Crippen LogP contribution in [0.5, 0.6) is 0 Å². The number of nitrogens with two attached hydrogens (primary N) is 1. The number of benzene rings is 3. The fourth-order valence-electron chi connectivity index (χ4n) is 5.88. The molecule has 3 aromatic heterocycles. The van der Waals surface area contributed by atoms with E-state index in [1.165, 1.54) is 4.68 Å². The number of Topliss-reactive ketones (excluding diaryl/α,β-unsaturated/α-hetero) is 2. The van der Waals surface area contributed by atoms with Crippen LogP contribution in [0.3, 0.4) is 0 Å². The van der Waals surface area contributed by atoms with E-state index in [0.29, 0.717) is 11.5 Å². The summed E-state index contributed by atoms with van der Waals surface area (Å²) in [4.78, 5) is 77.3. The first-order chi connectivity index (χ1) is 27.8. The van der Waals surface area contributed by atoms with Crippen LogP contribution in [0.2, 0.25) is 0 Å². The molecule has 3 heterocycles. The Labute approximate surface area is 335 Å². The van der Waals surface area contributed by atoms with Gasteiger partial charge in [0.05, 0.1) is 23.1 Å². The summed E-state index contributed by atoms with van der Waals surface area (Å²) >= 11 is 0. The van der Waals surface area contributed by atoms with Crippen LogP contribution >= 0.6 is 0 Å². The van der Waals surface area contributed by atoms with Crippen LogP contribution in [0, 0.1) is 13.8 Å². The molecule has 4 N–H and O–H groups in total. The third-order valence-corrected chi connectivity index (χ3v) is 8.93. The zero-order chi connectivity index (χ0) is 41.8. The second-order valence-corrected chi connectivity index (χ2v) is 13.8. The average molecular weight is 781 g/mol. The van der Waals surface area contributed by atoms with Gasteiger partial charge in [-0.3, -0.25) is 28.8 Å². The highest BCUT2D eigenvalue weighted by molar-refractivity contribution is 6.38. The van der Waals surface area contributed by atoms with Gasteiger partial charge >= 0.3 is 0 Å². The van der Waals surface area contributed by atoms with Crippen molar-refractivity contribution in [1.29, 1.82) is 0 Å². The maximum atomic E-state index is 13.1. The summed E-state index contributed by atoms with van der Waals surface area (Å²) in [5.74, 6) is -3.03. The normalized spacial score (nSPS) is 11.7. The summed E-state index contributed by atoms with van der Waals surface area (Å²) in [6.45, 7) is 7.64. The van der Waals surface area contributed by atoms with Gasteiger partial charge in [0.2, 0.25) is 11.6 Å². The number of nitrogens with zero attached hydrogens (tertiary/aromatic N) is 5. The molecular formula is C44H44N8O6. The van der Waals surface area contributed by atoms with Gasteiger partial charge in [-0.1, -0.05) is 98.8 Å². The Morgan fingerprint density at radius 2 is 1.22 bits per heavy atom. The average Bonchev–Trinajstić information content (AvgIpc) is 3.86. The highest BCUT2D eigenvalue weighted by Gasteiger charge is 2.28. The summed E-state index contributed by atoms with van der Waals surface area (Å²) < 4.78 is 2.97. The lowest BCUT2D eigenvalue weighted by atomic mass is 10.0. The molecule has 0 bridgehead atoms. The lowest BCUT2D eigenvalue weighted by Gasteiger charge is -2.17. The molecule has 6 aromatic rings. The van der Waals surface area contributed by atoms with E-state index in [4.69, 9.17) is 5.73 Å². The fourth-order valence-corrected chi connectivity index (χ4v) is 5.88. The van der Waals surface area contributed by atoms with Gasteiger partial charge in [0.15, 0.2) is 12.1 Å². The van der Waals surface area contributed by atoms with Crippen molar-refractivity contribution < 1.29 is 28.8 Å². The molecule has 6 rings (SSSR count). The van der Waals surface area contributed by atoms with Crippen molar-refractivity contribution in [3.05, 3.63) is 161 Å². The summed E-state index contributed by atoms with van der Waals surface area (Å²) in [5, 5.41) is 14.2. The van der Waals surface area contributed by atoms with Gasteiger partial charge < -0.3 is 16.4 Å². The number of aryl methyl sites for hydroxylation is 2. The first-order valence-corrected chi connectivity index (χ1v) is 18.5. The van der Waals surface area contributed by atoms with Crippen molar-refractivity contribution in [1.82, 2.24) is 35.2 Å². The highest BCUT2D eigenvalue weighted by atomic mass is 16.2. The molecule has 0 radical (unpaired) electrons. The van der Waals surface area contributed by atoms with Crippen LogP contribution in [-0.2, 0) is 32.0 Å². The number of nitrogens with one attached hydrogen (secondary N) is 2. The monoisotopic (exact) mass is 780 g/mol. The van der Waals surface area contributed by atoms with E-state index in [2.05, 4.69) is 25.8 Å². The van der Waals surface area contributed by atoms with Crippen LogP contribution in [0.4, 0.5) is 0 Å². The minimum absolute atomic E-state index is 0.105. The molecule has 0 saturated carbocycles. The number of primary amides is 1. The van der Waals surface area contributed by atoms with Crippen molar-refractivity contribution in [2.24, 2.45) is 5.73 Å². The van der Waals surface area contributed by atoms with E-state index in [1.54, 1.807) is 36.0 Å². The zero-order valence-electron chi connectivity index (χ0n) is 32.5. The van der Waals surface area contributed by atoms with Gasteiger partial charge in [-0.25, -0.2) is 14.3 Å². The minimum atomic E-state index is -1.09. The summed E-state index contributed by atoms with van der Waals surface area (Å²) in [6.07, 6.45) is 2.30. The Balaban J connectivity index is 0.000000221. The number of hydrogen-bond acceptors (Lipinski definition) is 9. The summed E-state index contributed by atoms with van der Waals surface area (Å²) in [5.41, 5.74) is 10.5. The molecule has 0 spiro atoms. The van der Waals surface area contributed by atoms with E-state index >= 15 is 0 Å². The van der Waals surface area contributed by atoms with E-state index in [0.717, 1.165) is 28.1 Å². The Morgan fingerprint density at radius 3 is 1.74 bits per heavy atom. The zero-order valence-corrected chi connectivity index (χ0v) is 32.5. The molecule has 14 nitrogen and oxygen atoms in total. The summed E-state index contributed by atoms with van der Waals surface area (Å²) in [7, 11) is 0. The van der Waals surface area contributed by atoms with Crippen LogP contribution < -0.4 is 16.4 Å². The van der Waals surface area contributed by atoms with Gasteiger partial charge in [-0.05, 0) is 66.8 Å². The smallest absolute Gasteiger partial charge is 0.287 e. The number of amides is 3.